The molecule has 24 heavy (non-hydrogen) atoms. The van der Waals surface area contributed by atoms with E-state index in [0.29, 0.717) is 10.6 Å². The molecule has 0 aliphatic carbocycles. The number of para-hydroxylation sites is 1. The van der Waals surface area contributed by atoms with Gasteiger partial charge in [-0.05, 0) is 36.4 Å². The maximum atomic E-state index is 11.9. The minimum Gasteiger partial charge on any atom is -0.496 e. The molecule has 0 bridgehead atoms. The SMILES string of the molecule is COc1ccccc1/C=C/C=C1\N=C(c2ccc(Cl)cc2)OC1=O. The molecular weight excluding hydrogens is 326 g/mol. The zero-order valence-corrected chi connectivity index (χ0v) is 13.7. The van der Waals surface area contributed by atoms with Crippen LogP contribution in [0.1, 0.15) is 11.1 Å². The molecule has 4 nitrogen and oxygen atoms in total. The van der Waals surface area contributed by atoms with Gasteiger partial charge in [0.05, 0.1) is 7.11 Å². The summed E-state index contributed by atoms with van der Waals surface area (Å²) in [7, 11) is 1.61. The molecule has 0 saturated heterocycles. The highest BCUT2D eigenvalue weighted by molar-refractivity contribution is 6.30. The molecule has 3 rings (SSSR count). The van der Waals surface area contributed by atoms with Crippen LogP contribution in [0.3, 0.4) is 0 Å². The van der Waals surface area contributed by atoms with Crippen molar-refractivity contribution < 1.29 is 14.3 Å². The first kappa shape index (κ1) is 16.0. The first-order valence-electron chi connectivity index (χ1n) is 7.25. The molecule has 0 amide bonds. The van der Waals surface area contributed by atoms with E-state index in [1.54, 1.807) is 43.5 Å². The molecule has 5 heteroatoms. The Labute approximate surface area is 144 Å². The Kier molecular flexibility index (Phi) is 4.77. The van der Waals surface area contributed by atoms with E-state index in [0.717, 1.165) is 11.3 Å². The first-order valence-corrected chi connectivity index (χ1v) is 7.63. The maximum Gasteiger partial charge on any atom is 0.363 e. The molecule has 0 saturated carbocycles. The van der Waals surface area contributed by atoms with E-state index in [1.807, 2.05) is 30.3 Å². The second-order valence-electron chi connectivity index (χ2n) is 4.97. The lowest BCUT2D eigenvalue weighted by atomic mass is 10.2. The highest BCUT2D eigenvalue weighted by atomic mass is 35.5. The third-order valence-corrected chi connectivity index (χ3v) is 3.63. The van der Waals surface area contributed by atoms with Crippen LogP contribution >= 0.6 is 11.6 Å². The Morgan fingerprint density at radius 3 is 2.62 bits per heavy atom. The predicted molar refractivity (Wildman–Crippen MR) is 94.2 cm³/mol. The van der Waals surface area contributed by atoms with Gasteiger partial charge in [0.2, 0.25) is 5.90 Å². The summed E-state index contributed by atoms with van der Waals surface area (Å²) >= 11 is 5.85. The van der Waals surface area contributed by atoms with Crippen molar-refractivity contribution in [3.05, 3.63) is 82.5 Å². The molecule has 0 unspecified atom stereocenters. The number of halogens is 1. The van der Waals surface area contributed by atoms with Crippen molar-refractivity contribution in [1.82, 2.24) is 0 Å². The Morgan fingerprint density at radius 1 is 1.12 bits per heavy atom. The molecular formula is C19H14ClNO3. The van der Waals surface area contributed by atoms with E-state index in [9.17, 15) is 4.79 Å². The van der Waals surface area contributed by atoms with Crippen molar-refractivity contribution in [1.29, 1.82) is 0 Å². The van der Waals surface area contributed by atoms with E-state index in [4.69, 9.17) is 21.1 Å². The number of allylic oxidation sites excluding steroid dienone is 2. The van der Waals surface area contributed by atoms with Gasteiger partial charge >= 0.3 is 5.97 Å². The molecule has 0 atom stereocenters. The van der Waals surface area contributed by atoms with E-state index >= 15 is 0 Å². The lowest BCUT2D eigenvalue weighted by Gasteiger charge is -2.02. The van der Waals surface area contributed by atoms with Gasteiger partial charge < -0.3 is 9.47 Å². The van der Waals surface area contributed by atoms with Gasteiger partial charge in [0, 0.05) is 16.1 Å². The van der Waals surface area contributed by atoms with E-state index in [1.165, 1.54) is 0 Å². The van der Waals surface area contributed by atoms with E-state index < -0.39 is 5.97 Å². The highest BCUT2D eigenvalue weighted by Crippen LogP contribution is 2.20. The fourth-order valence-corrected chi connectivity index (χ4v) is 2.31. The van der Waals surface area contributed by atoms with Crippen LogP contribution in [-0.2, 0) is 9.53 Å². The van der Waals surface area contributed by atoms with Crippen LogP contribution < -0.4 is 4.74 Å². The normalized spacial score (nSPS) is 15.7. The van der Waals surface area contributed by atoms with Gasteiger partial charge in [-0.3, -0.25) is 0 Å². The van der Waals surface area contributed by atoms with Crippen LogP contribution in [0, 0.1) is 0 Å². The van der Waals surface area contributed by atoms with Crippen molar-refractivity contribution in [3.8, 4) is 5.75 Å². The smallest absolute Gasteiger partial charge is 0.363 e. The molecule has 2 aromatic carbocycles. The molecule has 120 valence electrons. The number of rotatable bonds is 4. The molecule has 1 heterocycles. The van der Waals surface area contributed by atoms with Crippen LogP contribution in [0.25, 0.3) is 6.08 Å². The lowest BCUT2D eigenvalue weighted by molar-refractivity contribution is -0.130. The zero-order valence-electron chi connectivity index (χ0n) is 12.9. The van der Waals surface area contributed by atoms with Crippen LogP contribution in [0.15, 0.2) is 71.4 Å². The minimum atomic E-state index is -0.482. The van der Waals surface area contributed by atoms with Crippen LogP contribution in [0.4, 0.5) is 0 Å². The molecule has 0 aromatic heterocycles. The van der Waals surface area contributed by atoms with Gasteiger partial charge in [0.25, 0.3) is 0 Å². The summed E-state index contributed by atoms with van der Waals surface area (Å²) in [6, 6.07) is 14.5. The first-order chi connectivity index (χ1) is 11.7. The number of methoxy groups -OCH3 is 1. The lowest BCUT2D eigenvalue weighted by Crippen LogP contribution is -2.04. The fourth-order valence-electron chi connectivity index (χ4n) is 2.19. The Balaban J connectivity index is 1.81. The van der Waals surface area contributed by atoms with Crippen LogP contribution in [-0.4, -0.2) is 19.0 Å². The summed E-state index contributed by atoms with van der Waals surface area (Å²) in [5.74, 6) is 0.546. The molecule has 1 aliphatic rings. The van der Waals surface area contributed by atoms with Crippen molar-refractivity contribution in [3.63, 3.8) is 0 Å². The number of aliphatic imine (C=N–C) groups is 1. The zero-order chi connectivity index (χ0) is 16.9. The summed E-state index contributed by atoms with van der Waals surface area (Å²) < 4.78 is 10.5. The number of nitrogens with zero attached hydrogens (tertiary/aromatic N) is 1. The monoisotopic (exact) mass is 339 g/mol. The van der Waals surface area contributed by atoms with Crippen molar-refractivity contribution in [2.24, 2.45) is 4.99 Å². The van der Waals surface area contributed by atoms with E-state index in [2.05, 4.69) is 4.99 Å². The second kappa shape index (κ2) is 7.15. The number of carbonyl (C=O) groups is 1. The third-order valence-electron chi connectivity index (χ3n) is 3.38. The van der Waals surface area contributed by atoms with Gasteiger partial charge in [-0.25, -0.2) is 9.79 Å². The molecule has 0 radical (unpaired) electrons. The van der Waals surface area contributed by atoms with E-state index in [-0.39, 0.29) is 11.6 Å². The average Bonchev–Trinajstić information content (AvgIpc) is 2.97. The van der Waals surface area contributed by atoms with Gasteiger partial charge in [-0.2, -0.15) is 0 Å². The van der Waals surface area contributed by atoms with Crippen LogP contribution in [0.2, 0.25) is 5.02 Å². The minimum absolute atomic E-state index is 0.242. The Bertz CT molecular complexity index is 851. The molecule has 2 aromatic rings. The standard InChI is InChI=1S/C19H14ClNO3/c1-23-17-8-3-2-5-13(17)6-4-7-16-19(22)24-18(21-16)14-9-11-15(20)12-10-14/h2-12H,1H3/b6-4+,16-7-. The average molecular weight is 340 g/mol. The van der Waals surface area contributed by atoms with Crippen molar-refractivity contribution in [2.45, 2.75) is 0 Å². The molecule has 0 N–H and O–H groups in total. The topological polar surface area (TPSA) is 47.9 Å². The van der Waals surface area contributed by atoms with Gasteiger partial charge in [-0.1, -0.05) is 42.0 Å². The van der Waals surface area contributed by atoms with Gasteiger partial charge in [-0.15, -0.1) is 0 Å². The molecule has 1 aliphatic heterocycles. The second-order valence-corrected chi connectivity index (χ2v) is 5.40. The number of hydrogen-bond acceptors (Lipinski definition) is 4. The van der Waals surface area contributed by atoms with Gasteiger partial charge in [0.1, 0.15) is 5.75 Å². The number of benzene rings is 2. The summed E-state index contributed by atoms with van der Waals surface area (Å²) in [6.07, 6.45) is 5.19. The van der Waals surface area contributed by atoms with Crippen molar-refractivity contribution >= 4 is 29.5 Å². The highest BCUT2D eigenvalue weighted by Gasteiger charge is 2.23. The van der Waals surface area contributed by atoms with Crippen molar-refractivity contribution in [2.75, 3.05) is 7.11 Å². The van der Waals surface area contributed by atoms with Gasteiger partial charge in [0.15, 0.2) is 5.70 Å². The molecule has 0 fully saturated rings. The quantitative estimate of drug-likeness (QED) is 0.618. The number of cyclic esters (lactones) is 1. The summed E-state index contributed by atoms with van der Waals surface area (Å²) in [4.78, 5) is 16.1. The Hall–Kier alpha value is -2.85. The summed E-state index contributed by atoms with van der Waals surface area (Å²) in [5, 5.41) is 0.610. The largest absolute Gasteiger partial charge is 0.496 e. The number of esters is 1. The Morgan fingerprint density at radius 2 is 1.88 bits per heavy atom. The summed E-state index contributed by atoms with van der Waals surface area (Å²) in [5.41, 5.74) is 1.85. The maximum absolute atomic E-state index is 11.9. The summed E-state index contributed by atoms with van der Waals surface area (Å²) in [6.45, 7) is 0. The number of carbonyl (C=O) groups excluding carboxylic acids is 1. The van der Waals surface area contributed by atoms with Crippen LogP contribution in [0.5, 0.6) is 5.75 Å². The number of ether oxygens (including phenoxy) is 2. The third kappa shape index (κ3) is 3.55. The predicted octanol–water partition coefficient (Wildman–Crippen LogP) is 4.25. The fraction of sp³-hybridized carbons (Fsp3) is 0.0526. The number of hydrogen-bond donors (Lipinski definition) is 0. The molecule has 0 spiro atoms.